The van der Waals surface area contributed by atoms with Gasteiger partial charge in [-0.25, -0.2) is 4.39 Å². The van der Waals surface area contributed by atoms with Gasteiger partial charge >= 0.3 is 0 Å². The van der Waals surface area contributed by atoms with Crippen LogP contribution in [-0.2, 0) is 6.42 Å². The van der Waals surface area contributed by atoms with Crippen LogP contribution in [0.1, 0.15) is 12.5 Å². The Balaban J connectivity index is 2.91. The summed E-state index contributed by atoms with van der Waals surface area (Å²) in [6.45, 7) is 1.93. The van der Waals surface area contributed by atoms with Gasteiger partial charge in [-0.2, -0.15) is 0 Å². The van der Waals surface area contributed by atoms with Crippen LogP contribution < -0.4 is 0 Å². The molecular formula is C12H10ClF. The van der Waals surface area contributed by atoms with Gasteiger partial charge in [-0.15, -0.1) is 0 Å². The van der Waals surface area contributed by atoms with Gasteiger partial charge in [-0.1, -0.05) is 36.7 Å². The van der Waals surface area contributed by atoms with Gasteiger partial charge in [0.2, 0.25) is 0 Å². The van der Waals surface area contributed by atoms with Crippen molar-refractivity contribution in [1.82, 2.24) is 0 Å². The molecule has 0 spiro atoms. The molecule has 2 aromatic carbocycles. The fourth-order valence-electron chi connectivity index (χ4n) is 1.73. The van der Waals surface area contributed by atoms with Gasteiger partial charge in [0.25, 0.3) is 0 Å². The monoisotopic (exact) mass is 208 g/mol. The van der Waals surface area contributed by atoms with Crippen LogP contribution in [0.3, 0.4) is 0 Å². The lowest BCUT2D eigenvalue weighted by atomic mass is 10.0. The molecule has 2 heteroatoms. The number of rotatable bonds is 1. The summed E-state index contributed by atoms with van der Waals surface area (Å²) in [5.41, 5.74) is 0.702. The number of halogens is 2. The number of benzene rings is 2. The average Bonchev–Trinajstić information content (AvgIpc) is 2.19. The number of fused-ring (bicyclic) bond motifs is 1. The highest BCUT2D eigenvalue weighted by Gasteiger charge is 2.07. The standard InChI is InChI=1S/C12H10ClF/c1-2-9-11(14)7-6-8-4-3-5-10(13)12(8)9/h3-7H,2H2,1H3. The van der Waals surface area contributed by atoms with E-state index in [2.05, 4.69) is 0 Å². The van der Waals surface area contributed by atoms with Gasteiger partial charge in [0.15, 0.2) is 0 Å². The van der Waals surface area contributed by atoms with Gasteiger partial charge in [0.1, 0.15) is 5.82 Å². The number of aryl methyl sites for hydroxylation is 1. The fourth-order valence-corrected chi connectivity index (χ4v) is 2.02. The summed E-state index contributed by atoms with van der Waals surface area (Å²) >= 11 is 6.05. The quantitative estimate of drug-likeness (QED) is 0.659. The molecule has 0 saturated carbocycles. The Morgan fingerprint density at radius 1 is 1.21 bits per heavy atom. The summed E-state index contributed by atoms with van der Waals surface area (Å²) in [4.78, 5) is 0. The summed E-state index contributed by atoms with van der Waals surface area (Å²) in [5, 5.41) is 2.46. The second kappa shape index (κ2) is 3.58. The topological polar surface area (TPSA) is 0 Å². The highest BCUT2D eigenvalue weighted by atomic mass is 35.5. The van der Waals surface area contributed by atoms with Crippen LogP contribution >= 0.6 is 11.6 Å². The highest BCUT2D eigenvalue weighted by Crippen LogP contribution is 2.28. The van der Waals surface area contributed by atoms with Crippen molar-refractivity contribution in [3.05, 3.63) is 46.7 Å². The van der Waals surface area contributed by atoms with E-state index in [0.717, 1.165) is 10.8 Å². The van der Waals surface area contributed by atoms with Crippen LogP contribution in [0.15, 0.2) is 30.3 Å². The van der Waals surface area contributed by atoms with Crippen LogP contribution in [0.2, 0.25) is 5.02 Å². The smallest absolute Gasteiger partial charge is 0.127 e. The zero-order chi connectivity index (χ0) is 10.1. The zero-order valence-corrected chi connectivity index (χ0v) is 8.61. The summed E-state index contributed by atoms with van der Waals surface area (Å²) < 4.78 is 13.4. The SMILES string of the molecule is CCc1c(F)ccc2cccc(Cl)c12. The van der Waals surface area contributed by atoms with Crippen LogP contribution in [0.25, 0.3) is 10.8 Å². The molecule has 0 saturated heterocycles. The highest BCUT2D eigenvalue weighted by molar-refractivity contribution is 6.35. The molecule has 14 heavy (non-hydrogen) atoms. The Hall–Kier alpha value is -1.08. The van der Waals surface area contributed by atoms with Crippen molar-refractivity contribution in [3.8, 4) is 0 Å². The Bertz CT molecular complexity index is 477. The van der Waals surface area contributed by atoms with Crippen molar-refractivity contribution in [3.63, 3.8) is 0 Å². The van der Waals surface area contributed by atoms with E-state index in [4.69, 9.17) is 11.6 Å². The van der Waals surface area contributed by atoms with Crippen molar-refractivity contribution in [2.75, 3.05) is 0 Å². The minimum atomic E-state index is -0.173. The van der Waals surface area contributed by atoms with Gasteiger partial charge < -0.3 is 0 Å². The Labute approximate surface area is 87.3 Å². The molecule has 0 radical (unpaired) electrons. The van der Waals surface area contributed by atoms with Gasteiger partial charge in [-0.05, 0) is 29.5 Å². The maximum atomic E-state index is 13.4. The van der Waals surface area contributed by atoms with Crippen LogP contribution in [0, 0.1) is 5.82 Å². The van der Waals surface area contributed by atoms with Crippen molar-refractivity contribution in [2.24, 2.45) is 0 Å². The molecule has 0 N–H and O–H groups in total. The van der Waals surface area contributed by atoms with E-state index in [9.17, 15) is 4.39 Å². The first kappa shape index (κ1) is 9.47. The zero-order valence-electron chi connectivity index (χ0n) is 7.85. The summed E-state index contributed by atoms with van der Waals surface area (Å²) in [6.07, 6.45) is 0.660. The summed E-state index contributed by atoms with van der Waals surface area (Å²) in [5.74, 6) is -0.173. The second-order valence-corrected chi connectivity index (χ2v) is 3.62. The molecule has 2 rings (SSSR count). The molecule has 0 heterocycles. The third kappa shape index (κ3) is 1.38. The van der Waals surface area contributed by atoms with Crippen LogP contribution in [-0.4, -0.2) is 0 Å². The van der Waals surface area contributed by atoms with Crippen molar-refractivity contribution in [1.29, 1.82) is 0 Å². The second-order valence-electron chi connectivity index (χ2n) is 3.22. The molecule has 0 aliphatic rings. The summed E-state index contributed by atoms with van der Waals surface area (Å²) in [7, 11) is 0. The molecular weight excluding hydrogens is 199 g/mol. The maximum absolute atomic E-state index is 13.4. The molecule has 2 aromatic rings. The summed E-state index contributed by atoms with van der Waals surface area (Å²) in [6, 6.07) is 8.87. The minimum absolute atomic E-state index is 0.173. The van der Waals surface area contributed by atoms with E-state index in [-0.39, 0.29) is 5.82 Å². The van der Waals surface area contributed by atoms with E-state index in [0.29, 0.717) is 17.0 Å². The molecule has 0 amide bonds. The first-order valence-electron chi connectivity index (χ1n) is 4.59. The molecule has 0 aliphatic carbocycles. The lowest BCUT2D eigenvalue weighted by molar-refractivity contribution is 0.615. The minimum Gasteiger partial charge on any atom is -0.207 e. The first-order chi connectivity index (χ1) is 6.74. The Kier molecular flexibility index (Phi) is 2.42. The predicted octanol–water partition coefficient (Wildman–Crippen LogP) is 4.19. The predicted molar refractivity (Wildman–Crippen MR) is 58.3 cm³/mol. The van der Waals surface area contributed by atoms with Gasteiger partial charge in [0.05, 0.1) is 0 Å². The first-order valence-corrected chi connectivity index (χ1v) is 4.97. The molecule has 0 fully saturated rings. The molecule has 0 nitrogen and oxygen atoms in total. The Morgan fingerprint density at radius 2 is 2.00 bits per heavy atom. The Morgan fingerprint density at radius 3 is 2.71 bits per heavy atom. The lowest BCUT2D eigenvalue weighted by Gasteiger charge is -2.07. The lowest BCUT2D eigenvalue weighted by Crippen LogP contribution is -1.90. The molecule has 0 unspecified atom stereocenters. The van der Waals surface area contributed by atoms with Gasteiger partial charge in [-0.3, -0.25) is 0 Å². The third-order valence-corrected chi connectivity index (χ3v) is 2.71. The van der Waals surface area contributed by atoms with E-state index < -0.39 is 0 Å². The maximum Gasteiger partial charge on any atom is 0.127 e. The third-order valence-electron chi connectivity index (χ3n) is 2.40. The molecule has 0 aliphatic heterocycles. The van der Waals surface area contributed by atoms with E-state index >= 15 is 0 Å². The fraction of sp³-hybridized carbons (Fsp3) is 0.167. The van der Waals surface area contributed by atoms with E-state index in [1.54, 1.807) is 12.1 Å². The molecule has 0 atom stereocenters. The van der Waals surface area contributed by atoms with Crippen LogP contribution in [0.4, 0.5) is 4.39 Å². The number of hydrogen-bond donors (Lipinski definition) is 0. The number of hydrogen-bond acceptors (Lipinski definition) is 0. The van der Waals surface area contributed by atoms with Crippen molar-refractivity contribution in [2.45, 2.75) is 13.3 Å². The van der Waals surface area contributed by atoms with E-state index in [1.807, 2.05) is 19.1 Å². The van der Waals surface area contributed by atoms with Crippen LogP contribution in [0.5, 0.6) is 0 Å². The molecule has 0 bridgehead atoms. The average molecular weight is 209 g/mol. The largest absolute Gasteiger partial charge is 0.207 e. The van der Waals surface area contributed by atoms with Crippen molar-refractivity contribution >= 4 is 22.4 Å². The van der Waals surface area contributed by atoms with Crippen molar-refractivity contribution < 1.29 is 4.39 Å². The van der Waals surface area contributed by atoms with E-state index in [1.165, 1.54) is 6.07 Å². The molecule has 0 aromatic heterocycles. The normalized spacial score (nSPS) is 10.8. The molecule has 72 valence electrons. The van der Waals surface area contributed by atoms with Gasteiger partial charge in [0, 0.05) is 10.4 Å².